The van der Waals surface area contributed by atoms with E-state index in [9.17, 15) is 0 Å². The molecule has 0 bridgehead atoms. The molecule has 1 unspecified atom stereocenters. The Morgan fingerprint density at radius 3 is 2.46 bits per heavy atom. The molecule has 144 valence electrons. The molecule has 5 rings (SSSR count). The van der Waals surface area contributed by atoms with Crippen LogP contribution in [0.15, 0.2) is 42.5 Å². The average molecular weight is 377 g/mol. The third kappa shape index (κ3) is 2.92. The topological polar surface area (TPSA) is 49.0 Å². The molecule has 0 saturated carbocycles. The van der Waals surface area contributed by atoms with Crippen molar-refractivity contribution in [1.82, 2.24) is 5.32 Å². The van der Waals surface area contributed by atoms with Crippen molar-refractivity contribution >= 4 is 10.8 Å². The third-order valence-electron chi connectivity index (χ3n) is 5.64. The summed E-state index contributed by atoms with van der Waals surface area (Å²) in [4.78, 5) is 0. The molecule has 3 aromatic rings. The van der Waals surface area contributed by atoms with Gasteiger partial charge in [-0.15, -0.1) is 0 Å². The summed E-state index contributed by atoms with van der Waals surface area (Å²) in [5.41, 5.74) is 3.94. The molecule has 2 heterocycles. The number of hydrogen-bond acceptors (Lipinski definition) is 5. The van der Waals surface area contributed by atoms with Crippen molar-refractivity contribution in [2.75, 3.05) is 27.6 Å². The highest BCUT2D eigenvalue weighted by molar-refractivity contribution is 5.86. The fraction of sp³-hybridized carbons (Fsp3) is 0.304. The number of hydrogen-bond donors (Lipinski definition) is 1. The fourth-order valence-corrected chi connectivity index (χ4v) is 4.20. The lowest BCUT2D eigenvalue weighted by Gasteiger charge is -2.27. The van der Waals surface area contributed by atoms with Gasteiger partial charge >= 0.3 is 0 Å². The smallest absolute Gasteiger partial charge is 0.231 e. The van der Waals surface area contributed by atoms with Crippen molar-refractivity contribution in [2.24, 2.45) is 0 Å². The minimum Gasteiger partial charge on any atom is -0.493 e. The number of benzene rings is 3. The second kappa shape index (κ2) is 6.91. The van der Waals surface area contributed by atoms with Crippen molar-refractivity contribution in [3.63, 3.8) is 0 Å². The number of fused-ring (bicyclic) bond motifs is 3. The molecule has 3 aromatic carbocycles. The van der Waals surface area contributed by atoms with E-state index < -0.39 is 0 Å². The highest BCUT2D eigenvalue weighted by atomic mass is 16.7. The summed E-state index contributed by atoms with van der Waals surface area (Å²) in [6, 6.07) is 15.2. The Hall–Kier alpha value is -2.92. The van der Waals surface area contributed by atoms with Crippen LogP contribution in [-0.4, -0.2) is 27.6 Å². The zero-order valence-electron chi connectivity index (χ0n) is 16.1. The first-order chi connectivity index (χ1) is 13.7. The molecular weight excluding hydrogens is 354 g/mol. The van der Waals surface area contributed by atoms with Crippen molar-refractivity contribution in [3.05, 3.63) is 59.2 Å². The molecule has 1 atom stereocenters. The SMILES string of the molecule is COc1cc2ccc(CC3NCCc4cc5c(cc43)OCO5)cc2cc1OC. The maximum absolute atomic E-state index is 5.59. The lowest BCUT2D eigenvalue weighted by molar-refractivity contribution is 0.174. The van der Waals surface area contributed by atoms with Crippen LogP contribution in [0.25, 0.3) is 10.8 Å². The quantitative estimate of drug-likeness (QED) is 0.744. The molecule has 0 aliphatic carbocycles. The van der Waals surface area contributed by atoms with Gasteiger partial charge in [0.1, 0.15) is 0 Å². The second-order valence-electron chi connectivity index (χ2n) is 7.25. The molecule has 0 fully saturated rings. The van der Waals surface area contributed by atoms with E-state index in [1.54, 1.807) is 14.2 Å². The van der Waals surface area contributed by atoms with Crippen LogP contribution in [0, 0.1) is 0 Å². The molecule has 2 aliphatic heterocycles. The van der Waals surface area contributed by atoms with Gasteiger partial charge in [0, 0.05) is 6.04 Å². The van der Waals surface area contributed by atoms with Gasteiger partial charge in [0.15, 0.2) is 23.0 Å². The van der Waals surface area contributed by atoms with Crippen molar-refractivity contribution < 1.29 is 18.9 Å². The summed E-state index contributed by atoms with van der Waals surface area (Å²) in [5.74, 6) is 3.22. The van der Waals surface area contributed by atoms with Gasteiger partial charge in [-0.2, -0.15) is 0 Å². The number of nitrogens with one attached hydrogen (secondary N) is 1. The maximum atomic E-state index is 5.59. The summed E-state index contributed by atoms with van der Waals surface area (Å²) < 4.78 is 22.0. The van der Waals surface area contributed by atoms with Crippen molar-refractivity contribution in [1.29, 1.82) is 0 Å². The monoisotopic (exact) mass is 377 g/mol. The lowest BCUT2D eigenvalue weighted by atomic mass is 9.89. The number of rotatable bonds is 4. The molecule has 0 saturated heterocycles. The van der Waals surface area contributed by atoms with Gasteiger partial charge in [-0.1, -0.05) is 18.2 Å². The van der Waals surface area contributed by atoms with Crippen molar-refractivity contribution in [2.45, 2.75) is 18.9 Å². The highest BCUT2D eigenvalue weighted by Crippen LogP contribution is 2.39. The Morgan fingerprint density at radius 2 is 1.68 bits per heavy atom. The zero-order valence-corrected chi connectivity index (χ0v) is 16.1. The summed E-state index contributed by atoms with van der Waals surface area (Å²) >= 11 is 0. The molecule has 1 N–H and O–H groups in total. The van der Waals surface area contributed by atoms with Gasteiger partial charge in [-0.25, -0.2) is 0 Å². The van der Waals surface area contributed by atoms with Gasteiger partial charge in [0.05, 0.1) is 14.2 Å². The van der Waals surface area contributed by atoms with Crippen LogP contribution in [-0.2, 0) is 12.8 Å². The molecule has 0 aromatic heterocycles. The normalized spacial score (nSPS) is 17.4. The van der Waals surface area contributed by atoms with Gasteiger partial charge in [0.2, 0.25) is 6.79 Å². The van der Waals surface area contributed by atoms with Gasteiger partial charge in [0.25, 0.3) is 0 Å². The van der Waals surface area contributed by atoms with Crippen LogP contribution < -0.4 is 24.3 Å². The van der Waals surface area contributed by atoms with E-state index in [-0.39, 0.29) is 6.04 Å². The first-order valence-electron chi connectivity index (χ1n) is 9.55. The van der Waals surface area contributed by atoms with Crippen LogP contribution in [0.5, 0.6) is 23.0 Å². The first-order valence-corrected chi connectivity index (χ1v) is 9.55. The summed E-state index contributed by atoms with van der Waals surface area (Å²) in [6.45, 7) is 1.28. The molecular formula is C23H23NO4. The maximum Gasteiger partial charge on any atom is 0.231 e. The average Bonchev–Trinajstić information content (AvgIpc) is 3.19. The third-order valence-corrected chi connectivity index (χ3v) is 5.64. The van der Waals surface area contributed by atoms with Gasteiger partial charge in [-0.05, 0) is 71.1 Å². The van der Waals surface area contributed by atoms with Crippen LogP contribution in [0.1, 0.15) is 22.7 Å². The molecule has 2 aliphatic rings. The van der Waals surface area contributed by atoms with E-state index in [1.807, 2.05) is 12.1 Å². The Labute approximate surface area is 164 Å². The molecule has 0 radical (unpaired) electrons. The standard InChI is InChI=1S/C23H23NO4/c1-25-20-9-15-4-3-14(7-17(15)11-21(20)26-2)8-19-18-12-23-22(27-13-28-23)10-16(18)5-6-24-19/h3-4,7,9-12,19,24H,5-6,8,13H2,1-2H3. The first kappa shape index (κ1) is 17.2. The highest BCUT2D eigenvalue weighted by Gasteiger charge is 2.25. The summed E-state index contributed by atoms with van der Waals surface area (Å²) in [7, 11) is 3.33. The van der Waals surface area contributed by atoms with E-state index in [0.29, 0.717) is 6.79 Å². The molecule has 0 amide bonds. The Kier molecular flexibility index (Phi) is 4.24. The van der Waals surface area contributed by atoms with Gasteiger partial charge in [-0.3, -0.25) is 0 Å². The van der Waals surface area contributed by atoms with E-state index >= 15 is 0 Å². The van der Waals surface area contributed by atoms with E-state index in [2.05, 4.69) is 35.6 Å². The fourth-order valence-electron chi connectivity index (χ4n) is 4.20. The minimum absolute atomic E-state index is 0.260. The van der Waals surface area contributed by atoms with E-state index in [4.69, 9.17) is 18.9 Å². The summed E-state index contributed by atoms with van der Waals surface area (Å²) in [5, 5.41) is 5.95. The number of methoxy groups -OCH3 is 2. The van der Waals surface area contributed by atoms with Crippen LogP contribution in [0.2, 0.25) is 0 Å². The Bertz CT molecular complexity index is 1050. The number of ether oxygens (including phenoxy) is 4. The minimum atomic E-state index is 0.260. The Balaban J connectivity index is 1.48. The molecule has 5 heteroatoms. The lowest BCUT2D eigenvalue weighted by Crippen LogP contribution is -2.31. The van der Waals surface area contributed by atoms with Crippen LogP contribution in [0.4, 0.5) is 0 Å². The molecule has 0 spiro atoms. The second-order valence-corrected chi connectivity index (χ2v) is 7.25. The molecule has 5 nitrogen and oxygen atoms in total. The molecule has 28 heavy (non-hydrogen) atoms. The van der Waals surface area contributed by atoms with Crippen LogP contribution in [0.3, 0.4) is 0 Å². The van der Waals surface area contributed by atoms with Crippen molar-refractivity contribution in [3.8, 4) is 23.0 Å². The largest absolute Gasteiger partial charge is 0.493 e. The van der Waals surface area contributed by atoms with E-state index in [1.165, 1.54) is 16.7 Å². The van der Waals surface area contributed by atoms with Gasteiger partial charge < -0.3 is 24.3 Å². The predicted molar refractivity (Wildman–Crippen MR) is 108 cm³/mol. The summed E-state index contributed by atoms with van der Waals surface area (Å²) in [6.07, 6.45) is 1.92. The van der Waals surface area contributed by atoms with Crippen LogP contribution >= 0.6 is 0 Å². The predicted octanol–water partition coefficient (Wildman–Crippen LogP) is 4.02. The zero-order chi connectivity index (χ0) is 19.1. The Morgan fingerprint density at radius 1 is 0.929 bits per heavy atom. The van der Waals surface area contributed by atoms with E-state index in [0.717, 1.165) is 53.2 Å².